The molecule has 0 saturated carbocycles. The Morgan fingerprint density at radius 2 is 1.94 bits per heavy atom. The Hall–Kier alpha value is -1.94. The molecule has 3 nitrogen and oxygen atoms in total. The molecule has 1 aliphatic rings. The number of pyridine rings is 1. The number of nitrogens with zero attached hydrogens (tertiary/aromatic N) is 1. The van der Waals surface area contributed by atoms with Gasteiger partial charge in [0.1, 0.15) is 0 Å². The van der Waals surface area contributed by atoms with Crippen molar-refractivity contribution in [1.29, 1.82) is 0 Å². The number of methoxy groups -OCH3 is 1. The fourth-order valence-corrected chi connectivity index (χ4v) is 5.12. The molecule has 0 radical (unpaired) electrons. The standard InChI is InChI=1S/C27H38N2OS/c1-8-20-18(4)26(29-31)23(24-16-28-25(30-7)15-21(24)17(2)3)14-22(20)19-10-9-12-27(5,6)13-11-19/h11,14-17,29,31H,8-10,12-13H2,1-7H3. The third-order valence-electron chi connectivity index (χ3n) is 6.76. The van der Waals surface area contributed by atoms with Crippen LogP contribution in [0.5, 0.6) is 5.88 Å². The zero-order valence-electron chi connectivity index (χ0n) is 20.2. The van der Waals surface area contributed by atoms with Crippen LogP contribution in [0.3, 0.4) is 0 Å². The van der Waals surface area contributed by atoms with Crippen LogP contribution >= 0.6 is 12.8 Å². The van der Waals surface area contributed by atoms with Gasteiger partial charge in [-0.3, -0.25) is 0 Å². The Labute approximate surface area is 194 Å². The average Bonchev–Trinajstić information content (AvgIpc) is 2.92. The Bertz CT molecular complexity index is 976. The van der Waals surface area contributed by atoms with Crippen LogP contribution in [-0.4, -0.2) is 12.1 Å². The largest absolute Gasteiger partial charge is 0.481 e. The maximum absolute atomic E-state index is 5.41. The van der Waals surface area contributed by atoms with Crippen molar-refractivity contribution in [1.82, 2.24) is 4.98 Å². The first-order chi connectivity index (χ1) is 14.7. The first-order valence-corrected chi connectivity index (χ1v) is 12.0. The van der Waals surface area contributed by atoms with Crippen molar-refractivity contribution in [3.63, 3.8) is 0 Å². The van der Waals surface area contributed by atoms with Crippen LogP contribution in [0.1, 0.15) is 88.5 Å². The van der Waals surface area contributed by atoms with E-state index in [9.17, 15) is 0 Å². The topological polar surface area (TPSA) is 34.1 Å². The van der Waals surface area contributed by atoms with Crippen LogP contribution in [0.15, 0.2) is 24.4 Å². The van der Waals surface area contributed by atoms with Crippen LogP contribution in [0.4, 0.5) is 5.69 Å². The summed E-state index contributed by atoms with van der Waals surface area (Å²) >= 11 is 4.50. The number of allylic oxidation sites excluding steroid dienone is 2. The van der Waals surface area contributed by atoms with Crippen molar-refractivity contribution in [2.45, 2.75) is 79.6 Å². The predicted molar refractivity (Wildman–Crippen MR) is 137 cm³/mol. The summed E-state index contributed by atoms with van der Waals surface area (Å²) in [6.07, 6.45) is 10.2. The highest BCUT2D eigenvalue weighted by atomic mass is 32.1. The zero-order valence-corrected chi connectivity index (χ0v) is 21.1. The van der Waals surface area contributed by atoms with Gasteiger partial charge < -0.3 is 9.46 Å². The van der Waals surface area contributed by atoms with Crippen molar-refractivity contribution in [3.8, 4) is 17.0 Å². The molecule has 2 aromatic rings. The number of nitrogens with one attached hydrogen (secondary N) is 1. The monoisotopic (exact) mass is 438 g/mol. The lowest BCUT2D eigenvalue weighted by atomic mass is 9.85. The lowest BCUT2D eigenvalue weighted by Crippen LogP contribution is -2.07. The van der Waals surface area contributed by atoms with Gasteiger partial charge in [-0.25, -0.2) is 4.98 Å². The van der Waals surface area contributed by atoms with Gasteiger partial charge >= 0.3 is 0 Å². The highest BCUT2D eigenvalue weighted by molar-refractivity contribution is 7.81. The van der Waals surface area contributed by atoms with Gasteiger partial charge in [0.15, 0.2) is 0 Å². The number of benzene rings is 1. The van der Waals surface area contributed by atoms with Crippen molar-refractivity contribution >= 4 is 24.1 Å². The van der Waals surface area contributed by atoms with Gasteiger partial charge in [-0.05, 0) is 84.3 Å². The minimum atomic E-state index is 0.354. The molecule has 1 aliphatic carbocycles. The molecule has 0 unspecified atom stereocenters. The minimum Gasteiger partial charge on any atom is -0.481 e. The third kappa shape index (κ3) is 4.95. The first kappa shape index (κ1) is 23.7. The number of hydrogen-bond donors (Lipinski definition) is 2. The molecule has 1 aromatic heterocycles. The van der Waals surface area contributed by atoms with Crippen LogP contribution in [-0.2, 0) is 6.42 Å². The Morgan fingerprint density at radius 3 is 2.55 bits per heavy atom. The van der Waals surface area contributed by atoms with Gasteiger partial charge in [0.25, 0.3) is 0 Å². The SMILES string of the molecule is CCc1c(C2=CCC(C)(C)CCC2)cc(-c2cnc(OC)cc2C(C)C)c(NS)c1C. The summed E-state index contributed by atoms with van der Waals surface area (Å²) in [4.78, 5) is 4.55. The van der Waals surface area contributed by atoms with Crippen LogP contribution in [0.25, 0.3) is 16.7 Å². The number of aromatic nitrogens is 1. The molecule has 0 atom stereocenters. The molecule has 1 N–H and O–H groups in total. The Kier molecular flexibility index (Phi) is 7.41. The van der Waals surface area contributed by atoms with E-state index in [1.54, 1.807) is 7.11 Å². The highest BCUT2D eigenvalue weighted by Crippen LogP contribution is 2.43. The molecule has 0 aliphatic heterocycles. The van der Waals surface area contributed by atoms with Crippen molar-refractivity contribution in [3.05, 3.63) is 46.7 Å². The number of anilines is 1. The summed E-state index contributed by atoms with van der Waals surface area (Å²) in [5, 5.41) is 0. The summed E-state index contributed by atoms with van der Waals surface area (Å²) in [5.41, 5.74) is 10.6. The summed E-state index contributed by atoms with van der Waals surface area (Å²) in [6.45, 7) is 13.7. The van der Waals surface area contributed by atoms with Gasteiger partial charge in [-0.1, -0.05) is 53.5 Å². The molecule has 1 aromatic carbocycles. The minimum absolute atomic E-state index is 0.354. The van der Waals surface area contributed by atoms with E-state index < -0.39 is 0 Å². The first-order valence-electron chi connectivity index (χ1n) is 11.5. The van der Waals surface area contributed by atoms with E-state index in [1.165, 1.54) is 46.2 Å². The van der Waals surface area contributed by atoms with E-state index in [4.69, 9.17) is 4.74 Å². The Morgan fingerprint density at radius 1 is 1.19 bits per heavy atom. The fraction of sp³-hybridized carbons (Fsp3) is 0.519. The smallest absolute Gasteiger partial charge is 0.213 e. The molecule has 0 fully saturated rings. The molecule has 0 spiro atoms. The maximum atomic E-state index is 5.41. The molecule has 0 saturated heterocycles. The van der Waals surface area contributed by atoms with E-state index in [1.807, 2.05) is 6.20 Å². The number of ether oxygens (including phenoxy) is 1. The van der Waals surface area contributed by atoms with E-state index >= 15 is 0 Å². The summed E-state index contributed by atoms with van der Waals surface area (Å²) < 4.78 is 8.62. The number of hydrogen-bond acceptors (Lipinski definition) is 4. The normalized spacial score (nSPS) is 16.1. The summed E-state index contributed by atoms with van der Waals surface area (Å²) in [7, 11) is 1.67. The van der Waals surface area contributed by atoms with Crippen LogP contribution in [0.2, 0.25) is 0 Å². The fourth-order valence-electron chi connectivity index (χ4n) is 4.83. The zero-order chi connectivity index (χ0) is 22.8. The second-order valence-corrected chi connectivity index (χ2v) is 10.1. The molecular formula is C27H38N2OS. The molecule has 31 heavy (non-hydrogen) atoms. The van der Waals surface area contributed by atoms with Gasteiger partial charge in [0.05, 0.1) is 12.8 Å². The summed E-state index contributed by atoms with van der Waals surface area (Å²) in [6, 6.07) is 4.45. The van der Waals surface area contributed by atoms with E-state index in [0.717, 1.165) is 30.5 Å². The Balaban J connectivity index is 2.27. The lowest BCUT2D eigenvalue weighted by molar-refractivity contribution is 0.338. The molecular weight excluding hydrogens is 400 g/mol. The molecule has 4 heteroatoms. The van der Waals surface area contributed by atoms with Gasteiger partial charge in [-0.2, -0.15) is 0 Å². The van der Waals surface area contributed by atoms with Crippen molar-refractivity contribution in [2.75, 3.05) is 11.8 Å². The van der Waals surface area contributed by atoms with Crippen LogP contribution in [0, 0.1) is 12.3 Å². The average molecular weight is 439 g/mol. The lowest BCUT2D eigenvalue weighted by Gasteiger charge is -2.23. The van der Waals surface area contributed by atoms with Crippen molar-refractivity contribution in [2.24, 2.45) is 5.41 Å². The van der Waals surface area contributed by atoms with Gasteiger partial charge in [0, 0.05) is 23.4 Å². The van der Waals surface area contributed by atoms with Crippen LogP contribution < -0.4 is 9.46 Å². The van der Waals surface area contributed by atoms with Gasteiger partial charge in [-0.15, -0.1) is 0 Å². The van der Waals surface area contributed by atoms with Crippen molar-refractivity contribution < 1.29 is 4.74 Å². The molecule has 3 rings (SSSR count). The molecule has 1 heterocycles. The number of thiol groups is 1. The predicted octanol–water partition coefficient (Wildman–Crippen LogP) is 7.99. The highest BCUT2D eigenvalue weighted by Gasteiger charge is 2.24. The maximum Gasteiger partial charge on any atom is 0.213 e. The summed E-state index contributed by atoms with van der Waals surface area (Å²) in [5.74, 6) is 1.01. The van der Waals surface area contributed by atoms with E-state index in [2.05, 4.69) is 82.3 Å². The molecule has 0 bridgehead atoms. The second kappa shape index (κ2) is 9.68. The quantitative estimate of drug-likeness (QED) is 0.448. The molecule has 168 valence electrons. The molecule has 0 amide bonds. The van der Waals surface area contributed by atoms with Gasteiger partial charge in [0.2, 0.25) is 5.88 Å². The number of rotatable bonds is 6. The van der Waals surface area contributed by atoms with E-state index in [0.29, 0.717) is 17.2 Å². The second-order valence-electron chi connectivity index (χ2n) is 9.84. The third-order valence-corrected chi connectivity index (χ3v) is 6.98. The van der Waals surface area contributed by atoms with E-state index in [-0.39, 0.29) is 0 Å².